The third-order valence-electron chi connectivity index (χ3n) is 9.70. The van der Waals surface area contributed by atoms with Crippen LogP contribution in [0.2, 0.25) is 0 Å². The third kappa shape index (κ3) is 8.24. The summed E-state index contributed by atoms with van der Waals surface area (Å²) in [5, 5.41) is 29.4. The molecule has 2 amide bonds. The summed E-state index contributed by atoms with van der Waals surface area (Å²) in [6.07, 6.45) is -2.96. The van der Waals surface area contributed by atoms with Gasteiger partial charge in [-0.1, -0.05) is 105 Å². The average molecular weight is 777 g/mol. The molecule has 0 aliphatic carbocycles. The minimum atomic E-state index is -1.69. The normalized spacial score (nSPS) is 18.8. The number of azide groups is 1. The molecule has 1 aliphatic heterocycles. The maximum absolute atomic E-state index is 14.1. The van der Waals surface area contributed by atoms with Crippen LogP contribution in [0.25, 0.3) is 21.5 Å². The molecule has 296 valence electrons. The third-order valence-corrected chi connectivity index (χ3v) is 9.70. The molecule has 5 aromatic rings. The van der Waals surface area contributed by atoms with Crippen molar-refractivity contribution in [1.82, 2.24) is 25.2 Å². The van der Waals surface area contributed by atoms with E-state index in [0.717, 1.165) is 27.9 Å². The Morgan fingerprint density at radius 1 is 0.947 bits per heavy atom. The van der Waals surface area contributed by atoms with Crippen molar-refractivity contribution < 1.29 is 38.8 Å². The number of aromatic nitrogens is 3. The minimum Gasteiger partial charge on any atom is -0.465 e. The molecule has 16 nitrogen and oxygen atoms in total. The van der Waals surface area contributed by atoms with Crippen LogP contribution in [-0.2, 0) is 24.6 Å². The van der Waals surface area contributed by atoms with E-state index < -0.39 is 72.2 Å². The highest BCUT2D eigenvalue weighted by atomic mass is 16.6. The molecule has 1 saturated heterocycles. The van der Waals surface area contributed by atoms with E-state index in [1.54, 1.807) is 34.6 Å². The van der Waals surface area contributed by atoms with Crippen LogP contribution in [0.1, 0.15) is 62.9 Å². The lowest BCUT2D eigenvalue weighted by Crippen LogP contribution is -2.51. The molecule has 0 spiro atoms. The van der Waals surface area contributed by atoms with Crippen LogP contribution in [0, 0.1) is 5.92 Å². The summed E-state index contributed by atoms with van der Waals surface area (Å²) in [6.45, 7) is 8.04. The van der Waals surface area contributed by atoms with Crippen molar-refractivity contribution in [1.29, 1.82) is 0 Å². The largest absolute Gasteiger partial charge is 0.465 e. The highest BCUT2D eigenvalue weighted by Gasteiger charge is 2.56. The molecule has 4 unspecified atom stereocenters. The molecule has 16 heteroatoms. The molecule has 57 heavy (non-hydrogen) atoms. The molecule has 5 atom stereocenters. The van der Waals surface area contributed by atoms with Gasteiger partial charge >= 0.3 is 18.2 Å². The maximum atomic E-state index is 14.1. The molecule has 0 radical (unpaired) electrons. The van der Waals surface area contributed by atoms with Gasteiger partial charge in [-0.25, -0.2) is 24.4 Å². The number of alkyl carbamates (subject to hydrolysis) is 1. The fourth-order valence-corrected chi connectivity index (χ4v) is 7.26. The van der Waals surface area contributed by atoms with Crippen LogP contribution in [0.3, 0.4) is 0 Å². The van der Waals surface area contributed by atoms with Gasteiger partial charge in [-0.2, -0.15) is 0 Å². The molecule has 1 aliphatic rings. The van der Waals surface area contributed by atoms with Crippen molar-refractivity contribution in [2.45, 2.75) is 76.2 Å². The maximum Gasteiger partial charge on any atom is 0.408 e. The summed E-state index contributed by atoms with van der Waals surface area (Å²) >= 11 is 0. The Kier molecular flexibility index (Phi) is 11.8. The SMILES string of the molecule is CC(C)[C@H](NC(=O)OC(C)(C)C)C(=O)OC1C(O)C(c2c[nH]c3c(N=[N+]=[N-])ncnc23)N(C(=O)O)C1COC(c1ccccc1)(c1ccccc1)c1ccccc1. The number of aliphatic hydroxyl groups excluding tert-OH is 1. The lowest BCUT2D eigenvalue weighted by Gasteiger charge is -2.38. The second-order valence-electron chi connectivity index (χ2n) is 14.9. The fourth-order valence-electron chi connectivity index (χ4n) is 7.26. The van der Waals surface area contributed by atoms with E-state index in [4.69, 9.17) is 19.7 Å². The van der Waals surface area contributed by atoms with Crippen LogP contribution in [0.4, 0.5) is 15.4 Å². The number of carbonyl (C=O) groups excluding carboxylic acids is 2. The molecule has 3 aromatic carbocycles. The first-order valence-electron chi connectivity index (χ1n) is 18.3. The number of aliphatic hydroxyl groups is 1. The zero-order valence-electron chi connectivity index (χ0n) is 32.0. The van der Waals surface area contributed by atoms with E-state index in [0.29, 0.717) is 0 Å². The number of esters is 1. The number of rotatable bonds is 12. The summed E-state index contributed by atoms with van der Waals surface area (Å²) in [5.41, 5.74) is 9.72. The van der Waals surface area contributed by atoms with Crippen LogP contribution in [0.15, 0.2) is 109 Å². The number of fused-ring (bicyclic) bond motifs is 1. The van der Waals surface area contributed by atoms with Gasteiger partial charge in [0, 0.05) is 16.7 Å². The number of benzene rings is 3. The van der Waals surface area contributed by atoms with E-state index in [-0.39, 0.29) is 22.4 Å². The van der Waals surface area contributed by atoms with Gasteiger partial charge in [0.1, 0.15) is 29.7 Å². The average Bonchev–Trinajstić information content (AvgIpc) is 3.73. The number of aromatic amines is 1. The first kappa shape index (κ1) is 40.2. The highest BCUT2D eigenvalue weighted by Crippen LogP contribution is 2.45. The predicted octanol–water partition coefficient (Wildman–Crippen LogP) is 7.13. The second kappa shape index (κ2) is 16.7. The van der Waals surface area contributed by atoms with Gasteiger partial charge in [0.05, 0.1) is 29.7 Å². The summed E-state index contributed by atoms with van der Waals surface area (Å²) < 4.78 is 18.6. The Balaban J connectivity index is 1.48. The first-order valence-corrected chi connectivity index (χ1v) is 18.3. The summed E-state index contributed by atoms with van der Waals surface area (Å²) in [5.74, 6) is -1.48. The molecule has 6 rings (SSSR count). The Labute approximate surface area is 328 Å². The molecule has 3 heterocycles. The van der Waals surface area contributed by atoms with Gasteiger partial charge in [-0.3, -0.25) is 4.90 Å². The Hall–Kier alpha value is -6.48. The van der Waals surface area contributed by atoms with E-state index in [1.165, 1.54) is 6.20 Å². The zero-order chi connectivity index (χ0) is 40.9. The van der Waals surface area contributed by atoms with Gasteiger partial charge in [0.2, 0.25) is 0 Å². The van der Waals surface area contributed by atoms with Crippen molar-refractivity contribution in [2.24, 2.45) is 11.0 Å². The van der Waals surface area contributed by atoms with Gasteiger partial charge < -0.3 is 34.7 Å². The number of hydrogen-bond acceptors (Lipinski definition) is 10. The van der Waals surface area contributed by atoms with E-state index in [2.05, 4.69) is 30.3 Å². The standard InChI is InChI=1S/C41H44N8O8/c1-24(2)30(46-38(52)57-40(3,4)5)37(51)56-35-29(49(39(53)54)33(34(35)50)28-21-43-32-31(28)44-23-45-36(32)47-48-42)22-55-41(25-15-9-6-10-16-25,26-17-11-7-12-18-26)27-19-13-8-14-20-27/h6-21,23-24,29-30,33-35,43,50H,22H2,1-5H3,(H,46,52)(H,53,54)/t29?,30-,33?,34?,35?/m0/s1. The number of hydrogen-bond donors (Lipinski definition) is 4. The lowest BCUT2D eigenvalue weighted by molar-refractivity contribution is -0.160. The van der Waals surface area contributed by atoms with Gasteiger partial charge in [0.15, 0.2) is 11.9 Å². The molecule has 0 bridgehead atoms. The number of carboxylic acid groups (broad SMARTS) is 1. The number of carbonyl (C=O) groups is 3. The molecular formula is C41H44N8O8. The predicted molar refractivity (Wildman–Crippen MR) is 208 cm³/mol. The second-order valence-corrected chi connectivity index (χ2v) is 14.9. The van der Waals surface area contributed by atoms with Gasteiger partial charge in [-0.05, 0) is 54.0 Å². The van der Waals surface area contributed by atoms with Crippen LogP contribution >= 0.6 is 0 Å². The van der Waals surface area contributed by atoms with Crippen molar-refractivity contribution in [3.8, 4) is 0 Å². The monoisotopic (exact) mass is 776 g/mol. The topological polar surface area (TPSA) is 225 Å². The zero-order valence-corrected chi connectivity index (χ0v) is 32.0. The van der Waals surface area contributed by atoms with Gasteiger partial charge in [-0.15, -0.1) is 0 Å². The Morgan fingerprint density at radius 2 is 1.51 bits per heavy atom. The number of ether oxygens (including phenoxy) is 3. The fraction of sp³-hybridized carbons (Fsp3) is 0.341. The molecule has 2 aromatic heterocycles. The molecular weight excluding hydrogens is 732 g/mol. The number of H-pyrrole nitrogens is 1. The summed E-state index contributed by atoms with van der Waals surface area (Å²) in [7, 11) is 0. The number of nitrogens with zero attached hydrogens (tertiary/aromatic N) is 6. The number of likely N-dealkylation sites (tertiary alicyclic amines) is 1. The smallest absolute Gasteiger partial charge is 0.408 e. The van der Waals surface area contributed by atoms with Gasteiger partial charge in [0.25, 0.3) is 0 Å². The molecule has 4 N–H and O–H groups in total. The highest BCUT2D eigenvalue weighted by molar-refractivity contribution is 5.88. The summed E-state index contributed by atoms with van der Waals surface area (Å²) in [4.78, 5) is 55.6. The van der Waals surface area contributed by atoms with Crippen LogP contribution in [-0.4, -0.2) is 84.7 Å². The van der Waals surface area contributed by atoms with Crippen molar-refractivity contribution >= 4 is 35.0 Å². The van der Waals surface area contributed by atoms with Crippen LogP contribution in [0.5, 0.6) is 0 Å². The van der Waals surface area contributed by atoms with E-state index >= 15 is 0 Å². The van der Waals surface area contributed by atoms with E-state index in [9.17, 15) is 24.6 Å². The Morgan fingerprint density at radius 3 is 2.00 bits per heavy atom. The first-order chi connectivity index (χ1) is 27.3. The quantitative estimate of drug-likeness (QED) is 0.0329. The molecule has 1 fully saturated rings. The number of nitrogens with one attached hydrogen (secondary N) is 2. The minimum absolute atomic E-state index is 0.0441. The Bertz CT molecular complexity index is 2140. The lowest BCUT2D eigenvalue weighted by atomic mass is 9.80. The van der Waals surface area contributed by atoms with Crippen molar-refractivity contribution in [2.75, 3.05) is 6.61 Å². The van der Waals surface area contributed by atoms with Crippen LogP contribution < -0.4 is 5.32 Å². The van der Waals surface area contributed by atoms with E-state index in [1.807, 2.05) is 91.0 Å². The molecule has 0 saturated carbocycles. The van der Waals surface area contributed by atoms with Crippen molar-refractivity contribution in [3.63, 3.8) is 0 Å². The van der Waals surface area contributed by atoms with Crippen molar-refractivity contribution in [3.05, 3.63) is 136 Å². The summed E-state index contributed by atoms with van der Waals surface area (Å²) in [6, 6.07) is 24.3. The number of amides is 2.